The summed E-state index contributed by atoms with van der Waals surface area (Å²) in [5.74, 6) is -0.531. The van der Waals surface area contributed by atoms with Gasteiger partial charge in [0.2, 0.25) is 0 Å². The Balaban J connectivity index is 2.79. The molecule has 0 atom stereocenters. The van der Waals surface area contributed by atoms with E-state index in [2.05, 4.69) is 4.98 Å². The first-order valence-corrected chi connectivity index (χ1v) is 4.72. The second kappa shape index (κ2) is 3.88. The molecule has 0 radical (unpaired) electrons. The smallest absolute Gasteiger partial charge is 0.355 e. The van der Waals surface area contributed by atoms with Crippen LogP contribution in [-0.4, -0.2) is 22.3 Å². The fourth-order valence-electron chi connectivity index (χ4n) is 1.05. The molecular formula is C11H15NO3. The van der Waals surface area contributed by atoms with Gasteiger partial charge in [-0.1, -0.05) is 0 Å². The first kappa shape index (κ1) is 11.5. The van der Waals surface area contributed by atoms with Gasteiger partial charge in [-0.2, -0.15) is 0 Å². The molecule has 1 heterocycles. The zero-order valence-electron chi connectivity index (χ0n) is 9.38. The van der Waals surface area contributed by atoms with Crippen molar-refractivity contribution in [2.75, 3.05) is 0 Å². The number of hydrogen-bond donors (Lipinski definition) is 1. The Hall–Kier alpha value is -1.58. The number of ketones is 1. The van der Waals surface area contributed by atoms with Gasteiger partial charge in [-0.15, -0.1) is 0 Å². The van der Waals surface area contributed by atoms with Gasteiger partial charge >= 0.3 is 5.97 Å². The molecule has 4 heteroatoms. The molecule has 0 spiro atoms. The van der Waals surface area contributed by atoms with Crippen molar-refractivity contribution in [2.45, 2.75) is 33.3 Å². The average Bonchev–Trinajstić information content (AvgIpc) is 2.47. The van der Waals surface area contributed by atoms with Crippen molar-refractivity contribution in [2.24, 2.45) is 0 Å². The molecule has 0 bridgehead atoms. The zero-order chi connectivity index (χ0) is 11.6. The Bertz CT molecular complexity index is 385. The topological polar surface area (TPSA) is 59.2 Å². The second-order valence-corrected chi connectivity index (χ2v) is 4.36. The third-order valence-corrected chi connectivity index (χ3v) is 1.71. The van der Waals surface area contributed by atoms with Crippen molar-refractivity contribution in [1.29, 1.82) is 0 Å². The summed E-state index contributed by atoms with van der Waals surface area (Å²) in [6, 6.07) is 1.50. The van der Waals surface area contributed by atoms with E-state index in [1.54, 1.807) is 20.8 Å². The molecule has 0 aliphatic heterocycles. The number of Topliss-reactive ketones (excluding diaryl/α,β-unsaturated/α-hetero) is 1. The Kier molecular flexibility index (Phi) is 2.98. The number of carbonyl (C=O) groups excluding carboxylic acids is 2. The van der Waals surface area contributed by atoms with E-state index in [1.165, 1.54) is 19.2 Å². The molecule has 1 aromatic rings. The molecule has 0 unspecified atom stereocenters. The molecular weight excluding hydrogens is 194 g/mol. The number of aromatic nitrogens is 1. The van der Waals surface area contributed by atoms with E-state index in [0.717, 1.165) is 0 Å². The largest absolute Gasteiger partial charge is 0.455 e. The molecule has 1 N–H and O–H groups in total. The van der Waals surface area contributed by atoms with Crippen LogP contribution in [-0.2, 0) is 4.74 Å². The maximum atomic E-state index is 11.5. The SMILES string of the molecule is CC(=O)c1c[nH]c(C(=O)OC(C)(C)C)c1. The van der Waals surface area contributed by atoms with E-state index in [9.17, 15) is 9.59 Å². The minimum atomic E-state index is -0.529. The van der Waals surface area contributed by atoms with Crippen molar-refractivity contribution in [3.05, 3.63) is 23.5 Å². The minimum Gasteiger partial charge on any atom is -0.455 e. The number of esters is 1. The van der Waals surface area contributed by atoms with E-state index in [4.69, 9.17) is 4.74 Å². The lowest BCUT2D eigenvalue weighted by molar-refractivity contribution is 0.00636. The molecule has 0 amide bonds. The molecule has 0 aliphatic rings. The Morgan fingerprint density at radius 3 is 2.33 bits per heavy atom. The first-order valence-electron chi connectivity index (χ1n) is 4.72. The normalized spacial score (nSPS) is 11.2. The molecule has 0 aromatic carbocycles. The quantitative estimate of drug-likeness (QED) is 0.599. The van der Waals surface area contributed by atoms with E-state index < -0.39 is 11.6 Å². The molecule has 4 nitrogen and oxygen atoms in total. The van der Waals surface area contributed by atoms with Gasteiger partial charge in [-0.3, -0.25) is 4.79 Å². The number of aromatic amines is 1. The van der Waals surface area contributed by atoms with Gasteiger partial charge in [0.15, 0.2) is 5.78 Å². The first-order chi connectivity index (χ1) is 6.79. The highest BCUT2D eigenvalue weighted by Crippen LogP contribution is 2.12. The molecule has 1 rings (SSSR count). The summed E-state index contributed by atoms with van der Waals surface area (Å²) in [6.07, 6.45) is 1.50. The van der Waals surface area contributed by atoms with Gasteiger partial charge in [-0.05, 0) is 33.8 Å². The molecule has 0 saturated carbocycles. The monoisotopic (exact) mass is 209 g/mol. The molecule has 82 valence electrons. The van der Waals surface area contributed by atoms with Gasteiger partial charge in [0.05, 0.1) is 0 Å². The fraction of sp³-hybridized carbons (Fsp3) is 0.455. The lowest BCUT2D eigenvalue weighted by Gasteiger charge is -2.18. The third-order valence-electron chi connectivity index (χ3n) is 1.71. The maximum absolute atomic E-state index is 11.5. The van der Waals surface area contributed by atoms with Gasteiger partial charge in [0, 0.05) is 11.8 Å². The van der Waals surface area contributed by atoms with E-state index in [1.807, 2.05) is 0 Å². The van der Waals surface area contributed by atoms with Gasteiger partial charge in [-0.25, -0.2) is 4.79 Å². The Morgan fingerprint density at radius 1 is 1.33 bits per heavy atom. The van der Waals surface area contributed by atoms with Crippen LogP contribution in [0.5, 0.6) is 0 Å². The minimum absolute atomic E-state index is 0.0824. The van der Waals surface area contributed by atoms with E-state index >= 15 is 0 Å². The van der Waals surface area contributed by atoms with Gasteiger partial charge in [0.25, 0.3) is 0 Å². The van der Waals surface area contributed by atoms with Crippen LogP contribution in [0.4, 0.5) is 0 Å². The molecule has 15 heavy (non-hydrogen) atoms. The van der Waals surface area contributed by atoms with Crippen LogP contribution in [0.1, 0.15) is 48.5 Å². The van der Waals surface area contributed by atoms with Crippen molar-refractivity contribution in [1.82, 2.24) is 4.98 Å². The summed E-state index contributed by atoms with van der Waals surface area (Å²) in [4.78, 5) is 25.2. The van der Waals surface area contributed by atoms with Gasteiger partial charge in [0.1, 0.15) is 11.3 Å². The summed E-state index contributed by atoms with van der Waals surface area (Å²) < 4.78 is 5.14. The van der Waals surface area contributed by atoms with Crippen LogP contribution in [0.15, 0.2) is 12.3 Å². The Morgan fingerprint density at radius 2 is 1.93 bits per heavy atom. The van der Waals surface area contributed by atoms with Crippen LogP contribution in [0.2, 0.25) is 0 Å². The number of rotatable bonds is 2. The average molecular weight is 209 g/mol. The Labute approximate surface area is 88.6 Å². The molecule has 0 aliphatic carbocycles. The predicted octanol–water partition coefficient (Wildman–Crippen LogP) is 2.17. The number of carbonyl (C=O) groups is 2. The number of nitrogens with one attached hydrogen (secondary N) is 1. The van der Waals surface area contributed by atoms with Crippen LogP contribution >= 0.6 is 0 Å². The molecule has 0 saturated heterocycles. The van der Waals surface area contributed by atoms with E-state index in [-0.39, 0.29) is 5.78 Å². The van der Waals surface area contributed by atoms with Crippen molar-refractivity contribution >= 4 is 11.8 Å². The number of ether oxygens (including phenoxy) is 1. The van der Waals surface area contributed by atoms with Crippen LogP contribution in [0.25, 0.3) is 0 Å². The summed E-state index contributed by atoms with van der Waals surface area (Å²) in [5.41, 5.74) is 0.254. The van der Waals surface area contributed by atoms with Crippen molar-refractivity contribution in [3.63, 3.8) is 0 Å². The highest BCUT2D eigenvalue weighted by atomic mass is 16.6. The summed E-state index contributed by atoms with van der Waals surface area (Å²) in [5, 5.41) is 0. The second-order valence-electron chi connectivity index (χ2n) is 4.36. The highest BCUT2D eigenvalue weighted by Gasteiger charge is 2.19. The van der Waals surface area contributed by atoms with Crippen LogP contribution < -0.4 is 0 Å². The standard InChI is InChI=1S/C11H15NO3/c1-7(13)8-5-9(12-6-8)10(14)15-11(2,3)4/h5-6,12H,1-4H3. The third kappa shape index (κ3) is 3.23. The van der Waals surface area contributed by atoms with Crippen molar-refractivity contribution in [3.8, 4) is 0 Å². The fourth-order valence-corrected chi connectivity index (χ4v) is 1.05. The maximum Gasteiger partial charge on any atom is 0.355 e. The number of hydrogen-bond acceptors (Lipinski definition) is 3. The van der Waals surface area contributed by atoms with Crippen molar-refractivity contribution < 1.29 is 14.3 Å². The summed E-state index contributed by atoms with van der Waals surface area (Å²) in [6.45, 7) is 6.82. The lowest BCUT2D eigenvalue weighted by atomic mass is 10.2. The number of H-pyrrole nitrogens is 1. The zero-order valence-corrected chi connectivity index (χ0v) is 9.38. The summed E-state index contributed by atoms with van der Waals surface area (Å²) >= 11 is 0. The van der Waals surface area contributed by atoms with E-state index in [0.29, 0.717) is 11.3 Å². The molecule has 0 fully saturated rings. The van der Waals surface area contributed by atoms with Crippen LogP contribution in [0, 0.1) is 0 Å². The molecule has 1 aromatic heterocycles. The summed E-state index contributed by atoms with van der Waals surface area (Å²) in [7, 11) is 0. The predicted molar refractivity (Wildman–Crippen MR) is 56.0 cm³/mol. The van der Waals surface area contributed by atoms with Crippen LogP contribution in [0.3, 0.4) is 0 Å². The highest BCUT2D eigenvalue weighted by molar-refractivity contribution is 5.97. The lowest BCUT2D eigenvalue weighted by Crippen LogP contribution is -2.24. The van der Waals surface area contributed by atoms with Gasteiger partial charge < -0.3 is 9.72 Å².